The smallest absolute Gasteiger partial charge is 0.144 e. The van der Waals surface area contributed by atoms with Gasteiger partial charge in [0.1, 0.15) is 22.3 Å². The number of rotatable bonds is 25. The molecule has 2 heterocycles. The summed E-state index contributed by atoms with van der Waals surface area (Å²) in [6.07, 6.45) is 32.8. The Balaban J connectivity index is 0.894. The van der Waals surface area contributed by atoms with Gasteiger partial charge in [-0.15, -0.1) is 0 Å². The second-order valence-corrected chi connectivity index (χ2v) is 34.6. The molecule has 11 aromatic rings. The quantitative estimate of drug-likeness (QED) is 0.0533. The molecule has 3 unspecified atom stereocenters. The first-order valence-corrected chi connectivity index (χ1v) is 40.1. The van der Waals surface area contributed by atoms with Gasteiger partial charge < -0.3 is 8.83 Å². The van der Waals surface area contributed by atoms with Gasteiger partial charge in [0, 0.05) is 48.8 Å². The standard InChI is InChI=1S/C98H112O2/c1-12-16-20-22-34-52-97-56-54-96(50-32-18-14-3,51-33-19-15-4)55-57-98(53-35-23-21-17-13-2)81-59-64(44-46-70(81)87-88-72-39-27-31-43-83(72)100-92(88)89(91(97)90(87)98)69-37-25-29-41-76(69)97)58-67(60-66-36-24-28-40-75(66)93(5,6)7)65-45-47-68-73-62-80-74(63-79(73)95(10,11)78(68)61-65)85-77(94(80,8)9)48-49-84-86(85)71-38-26-30-42-82(71)99-84/h24-31,36-49,59,61-63,67H,12-23,32-35,50-58,60H2,1-11H3. The van der Waals surface area contributed by atoms with Crippen LogP contribution in [0.1, 0.15) is 303 Å². The van der Waals surface area contributed by atoms with Gasteiger partial charge in [-0.25, -0.2) is 0 Å². The highest BCUT2D eigenvalue weighted by molar-refractivity contribution is 6.21. The molecule has 0 amide bonds. The molecule has 16 rings (SSSR count). The van der Waals surface area contributed by atoms with E-state index in [1.807, 2.05) is 0 Å². The lowest BCUT2D eigenvalue weighted by atomic mass is 9.63. The maximum absolute atomic E-state index is 7.58. The average Bonchev–Trinajstić information content (AvgIpc) is 1.49. The number of para-hydroxylation sites is 2. The largest absolute Gasteiger partial charge is 0.456 e. The molecule has 0 N–H and O–H groups in total. The highest BCUT2D eigenvalue weighted by Crippen LogP contribution is 2.69. The molecule has 9 aromatic carbocycles. The van der Waals surface area contributed by atoms with Crippen molar-refractivity contribution in [2.24, 2.45) is 5.41 Å². The van der Waals surface area contributed by atoms with Crippen molar-refractivity contribution in [3.05, 3.63) is 224 Å². The SMILES string of the molecule is CCCCCCCC12CCC(CCCCC)(CCCCC)CCC3(CCCCCCC)c4cc(CC(Cc5ccccc5C(C)(C)C)c5ccc6c(c5)C(C)(C)c5cc7c(cc5-6)C(C)(C)c5ccc6oc8ccccc8c6c5-7)ccc4-c4c3c1c(c1oc3ccccc3c41)-c1ccccc12. The Kier molecular flexibility index (Phi) is 17.5. The van der Waals surface area contributed by atoms with Gasteiger partial charge in [0.25, 0.3) is 0 Å². The second kappa shape index (κ2) is 26.1. The van der Waals surface area contributed by atoms with Crippen LogP contribution in [0.4, 0.5) is 0 Å². The van der Waals surface area contributed by atoms with Gasteiger partial charge >= 0.3 is 0 Å². The lowest BCUT2D eigenvalue weighted by Gasteiger charge is -2.40. The summed E-state index contributed by atoms with van der Waals surface area (Å²) in [5, 5.41) is 5.11. The Hall–Kier alpha value is -7.42. The molecule has 516 valence electrons. The van der Waals surface area contributed by atoms with Crippen molar-refractivity contribution in [3.8, 4) is 44.5 Å². The summed E-state index contributed by atoms with van der Waals surface area (Å²) >= 11 is 0. The summed E-state index contributed by atoms with van der Waals surface area (Å²) in [5.74, 6) is 0.229. The van der Waals surface area contributed by atoms with Gasteiger partial charge in [-0.3, -0.25) is 0 Å². The second-order valence-electron chi connectivity index (χ2n) is 34.6. The van der Waals surface area contributed by atoms with E-state index in [4.69, 9.17) is 8.83 Å². The molecule has 2 heteroatoms. The van der Waals surface area contributed by atoms with Crippen LogP contribution in [-0.4, -0.2) is 0 Å². The molecule has 0 saturated carbocycles. The monoisotopic (exact) mass is 1320 g/mol. The Labute approximate surface area is 599 Å². The molecule has 2 nitrogen and oxygen atoms in total. The summed E-state index contributed by atoms with van der Waals surface area (Å²) in [6.45, 7) is 26.8. The maximum atomic E-state index is 7.58. The fourth-order valence-corrected chi connectivity index (χ4v) is 21.5. The summed E-state index contributed by atoms with van der Waals surface area (Å²) < 4.78 is 14.2. The molecule has 5 aliphatic carbocycles. The van der Waals surface area contributed by atoms with E-state index in [-0.39, 0.29) is 38.4 Å². The Morgan fingerprint density at radius 3 is 1.62 bits per heavy atom. The van der Waals surface area contributed by atoms with Gasteiger partial charge in [0.15, 0.2) is 0 Å². The van der Waals surface area contributed by atoms with Crippen molar-refractivity contribution in [1.29, 1.82) is 0 Å². The van der Waals surface area contributed by atoms with Gasteiger partial charge in [0.2, 0.25) is 0 Å². The van der Waals surface area contributed by atoms with Crippen LogP contribution in [0.3, 0.4) is 0 Å². The molecule has 0 radical (unpaired) electrons. The molecule has 0 spiro atoms. The van der Waals surface area contributed by atoms with Crippen molar-refractivity contribution < 1.29 is 8.83 Å². The van der Waals surface area contributed by atoms with E-state index in [0.29, 0.717) is 0 Å². The number of unbranched alkanes of at least 4 members (excludes halogenated alkanes) is 12. The third-order valence-corrected chi connectivity index (χ3v) is 26.8. The number of benzene rings is 9. The zero-order valence-electron chi connectivity index (χ0n) is 62.8. The van der Waals surface area contributed by atoms with E-state index >= 15 is 0 Å². The normalized spacial score (nSPS) is 18.9. The molecule has 3 atom stereocenters. The summed E-state index contributed by atoms with van der Waals surface area (Å²) in [6, 6.07) is 63.0. The van der Waals surface area contributed by atoms with Crippen LogP contribution in [-0.2, 0) is 39.9 Å². The first-order chi connectivity index (χ1) is 48.5. The number of furan rings is 2. The van der Waals surface area contributed by atoms with Gasteiger partial charge in [-0.05, 0) is 217 Å². The van der Waals surface area contributed by atoms with Crippen LogP contribution in [0.15, 0.2) is 167 Å². The van der Waals surface area contributed by atoms with Crippen LogP contribution < -0.4 is 0 Å². The molecule has 0 saturated heterocycles. The topological polar surface area (TPSA) is 26.3 Å². The Bertz CT molecular complexity index is 4910. The molecule has 100 heavy (non-hydrogen) atoms. The molecule has 2 aromatic heterocycles. The zero-order chi connectivity index (χ0) is 68.9. The molecular formula is C98H112O2. The van der Waals surface area contributed by atoms with Crippen molar-refractivity contribution in [2.45, 2.75) is 276 Å². The highest BCUT2D eigenvalue weighted by Gasteiger charge is 2.56. The van der Waals surface area contributed by atoms with Crippen LogP contribution >= 0.6 is 0 Å². The van der Waals surface area contributed by atoms with E-state index in [1.165, 1.54) is 265 Å². The Morgan fingerprint density at radius 2 is 0.920 bits per heavy atom. The third-order valence-electron chi connectivity index (χ3n) is 26.8. The fraction of sp³-hybridized carbons (Fsp3) is 0.449. The number of hydrogen-bond donors (Lipinski definition) is 0. The lowest BCUT2D eigenvalue weighted by Crippen LogP contribution is -2.32. The van der Waals surface area contributed by atoms with Crippen molar-refractivity contribution in [2.75, 3.05) is 0 Å². The minimum atomic E-state index is -0.224. The lowest BCUT2D eigenvalue weighted by molar-refractivity contribution is 0.154. The predicted molar refractivity (Wildman–Crippen MR) is 426 cm³/mol. The molecule has 0 bridgehead atoms. The fourth-order valence-electron chi connectivity index (χ4n) is 21.5. The summed E-state index contributed by atoms with van der Waals surface area (Å²) in [7, 11) is 0. The van der Waals surface area contributed by atoms with Crippen LogP contribution in [0.25, 0.3) is 88.4 Å². The van der Waals surface area contributed by atoms with Crippen LogP contribution in [0.2, 0.25) is 0 Å². The van der Waals surface area contributed by atoms with E-state index in [2.05, 4.69) is 234 Å². The zero-order valence-corrected chi connectivity index (χ0v) is 62.8. The van der Waals surface area contributed by atoms with E-state index in [0.717, 1.165) is 35.2 Å². The number of hydrogen-bond acceptors (Lipinski definition) is 2. The average molecular weight is 1320 g/mol. The maximum Gasteiger partial charge on any atom is 0.144 e. The van der Waals surface area contributed by atoms with E-state index < -0.39 is 0 Å². The van der Waals surface area contributed by atoms with Crippen molar-refractivity contribution >= 4 is 43.9 Å². The first-order valence-electron chi connectivity index (χ1n) is 40.1. The predicted octanol–water partition coefficient (Wildman–Crippen LogP) is 28.9. The Morgan fingerprint density at radius 1 is 0.380 bits per heavy atom. The van der Waals surface area contributed by atoms with Gasteiger partial charge in [0.05, 0.1) is 0 Å². The van der Waals surface area contributed by atoms with E-state index in [1.54, 1.807) is 22.3 Å². The molecule has 0 fully saturated rings. The van der Waals surface area contributed by atoms with Crippen LogP contribution in [0.5, 0.6) is 0 Å². The minimum Gasteiger partial charge on any atom is -0.456 e. The highest BCUT2D eigenvalue weighted by atomic mass is 16.3. The summed E-state index contributed by atoms with van der Waals surface area (Å²) in [4.78, 5) is 0. The van der Waals surface area contributed by atoms with Crippen molar-refractivity contribution in [3.63, 3.8) is 0 Å². The molecule has 0 aliphatic heterocycles. The number of fused-ring (bicyclic) bond motifs is 21. The van der Waals surface area contributed by atoms with Gasteiger partial charge in [-0.2, -0.15) is 0 Å². The molecule has 5 aliphatic rings. The van der Waals surface area contributed by atoms with Crippen LogP contribution in [0, 0.1) is 5.41 Å². The minimum absolute atomic E-state index is 0.000848. The van der Waals surface area contributed by atoms with Gasteiger partial charge in [-0.1, -0.05) is 306 Å². The third kappa shape index (κ3) is 10.8. The van der Waals surface area contributed by atoms with E-state index in [9.17, 15) is 0 Å². The first kappa shape index (κ1) is 67.1. The summed E-state index contributed by atoms with van der Waals surface area (Å²) in [5.41, 5.74) is 33.4. The molecular weight excluding hydrogens is 1210 g/mol. The van der Waals surface area contributed by atoms with Crippen molar-refractivity contribution in [1.82, 2.24) is 0 Å².